The molecule has 3 amide bonds. The molecule has 222 valence electrons. The predicted octanol–water partition coefficient (Wildman–Crippen LogP) is 4.42. The number of amides is 3. The molecular weight excluding hydrogens is 597 g/mol. The fourth-order valence-corrected chi connectivity index (χ4v) is 5.05. The number of nitrogens with one attached hydrogen (secondary N) is 3. The van der Waals surface area contributed by atoms with Gasteiger partial charge in [-0.05, 0) is 59.7 Å². The minimum absolute atomic E-state index is 0.0160. The van der Waals surface area contributed by atoms with Crippen LogP contribution in [0.2, 0.25) is 10.2 Å². The van der Waals surface area contributed by atoms with Gasteiger partial charge in [0.25, 0.3) is 0 Å². The molecule has 43 heavy (non-hydrogen) atoms. The Labute approximate surface area is 256 Å². The Balaban J connectivity index is 1.38. The van der Waals surface area contributed by atoms with Gasteiger partial charge in [-0.2, -0.15) is 4.68 Å². The maximum absolute atomic E-state index is 13.2. The van der Waals surface area contributed by atoms with E-state index in [1.165, 1.54) is 24.2 Å². The number of anilines is 1. The molecule has 1 saturated heterocycles. The molecule has 0 unspecified atom stereocenters. The Morgan fingerprint density at radius 1 is 1.12 bits per heavy atom. The molecule has 1 atom stereocenters. The Hall–Kier alpha value is -4.75. The first-order chi connectivity index (χ1) is 20.8. The summed E-state index contributed by atoms with van der Waals surface area (Å²) in [6, 6.07) is 11.1. The van der Waals surface area contributed by atoms with Gasteiger partial charge >= 0.3 is 6.09 Å². The summed E-state index contributed by atoms with van der Waals surface area (Å²) in [6.07, 6.45) is 5.62. The third kappa shape index (κ3) is 7.37. The summed E-state index contributed by atoms with van der Waals surface area (Å²) in [5, 5.41) is 17.4. The fraction of sp³-hybridized carbons (Fsp3) is 0.250. The number of aromatic amines is 1. The number of likely N-dealkylation sites (tertiary alicyclic amines) is 1. The minimum Gasteiger partial charge on any atom is -0.453 e. The molecule has 3 N–H and O–H groups in total. The van der Waals surface area contributed by atoms with Crippen LogP contribution in [0.25, 0.3) is 23.0 Å². The van der Waals surface area contributed by atoms with Crippen LogP contribution in [-0.4, -0.2) is 73.2 Å². The number of nitrogens with zero attached hydrogens (tertiary/aromatic N) is 6. The lowest BCUT2D eigenvalue weighted by molar-refractivity contribution is -0.131. The van der Waals surface area contributed by atoms with Crippen LogP contribution >= 0.6 is 23.2 Å². The van der Waals surface area contributed by atoms with Gasteiger partial charge in [-0.3, -0.25) is 14.9 Å². The van der Waals surface area contributed by atoms with Crippen molar-refractivity contribution in [1.29, 1.82) is 0 Å². The Morgan fingerprint density at radius 3 is 2.58 bits per heavy atom. The van der Waals surface area contributed by atoms with Gasteiger partial charge in [0.2, 0.25) is 11.8 Å². The number of carbonyl (C=O) groups excluding carboxylic acids is 3. The first-order valence-electron chi connectivity index (χ1n) is 13.3. The van der Waals surface area contributed by atoms with E-state index in [1.54, 1.807) is 53.4 Å². The number of imidazole rings is 1. The van der Waals surface area contributed by atoms with Crippen LogP contribution in [0.15, 0.2) is 54.9 Å². The third-order valence-corrected chi connectivity index (χ3v) is 7.26. The molecule has 0 saturated carbocycles. The number of hydrogen-bond donors (Lipinski definition) is 3. The molecule has 15 heteroatoms. The Kier molecular flexibility index (Phi) is 9.32. The molecule has 5 rings (SSSR count). The standard InChI is InChI=1S/C28H27Cl2N9O4/c1-43-28(42)32-20-8-4-17(5-9-20)25-26(30)35-27(34-25)21(15-24(41)38-12-2-3-13-38)33-23(40)11-6-18-14-19(29)7-10-22(18)39-16-31-36-37-39/h4-11,14,16,21H,2-3,12-13,15H2,1H3,(H,32,42)(H,33,40)(H,34,35)/t21-/m0/s1. The van der Waals surface area contributed by atoms with Crippen LogP contribution < -0.4 is 10.6 Å². The molecule has 1 aliphatic heterocycles. The van der Waals surface area contributed by atoms with Crippen molar-refractivity contribution >= 4 is 52.9 Å². The smallest absolute Gasteiger partial charge is 0.411 e. The minimum atomic E-state index is -0.796. The summed E-state index contributed by atoms with van der Waals surface area (Å²) in [5.41, 5.74) is 2.84. The van der Waals surface area contributed by atoms with E-state index in [4.69, 9.17) is 23.2 Å². The predicted molar refractivity (Wildman–Crippen MR) is 160 cm³/mol. The highest BCUT2D eigenvalue weighted by Gasteiger charge is 2.27. The highest BCUT2D eigenvalue weighted by molar-refractivity contribution is 6.32. The van der Waals surface area contributed by atoms with Gasteiger partial charge in [-0.1, -0.05) is 35.3 Å². The van der Waals surface area contributed by atoms with E-state index in [0.29, 0.717) is 52.1 Å². The molecule has 3 heterocycles. The van der Waals surface area contributed by atoms with Crippen molar-refractivity contribution in [3.05, 3.63) is 76.4 Å². The number of tetrazole rings is 1. The van der Waals surface area contributed by atoms with E-state index in [-0.39, 0.29) is 17.5 Å². The zero-order chi connectivity index (χ0) is 30.3. The van der Waals surface area contributed by atoms with E-state index >= 15 is 0 Å². The number of ether oxygens (including phenoxy) is 1. The van der Waals surface area contributed by atoms with E-state index in [9.17, 15) is 14.4 Å². The quantitative estimate of drug-likeness (QED) is 0.231. The average Bonchev–Trinajstić information content (AvgIpc) is 3.79. The number of hydrogen-bond acceptors (Lipinski definition) is 8. The van der Waals surface area contributed by atoms with Gasteiger partial charge in [-0.25, -0.2) is 9.78 Å². The lowest BCUT2D eigenvalue weighted by Gasteiger charge is -2.20. The molecule has 0 aliphatic carbocycles. The molecule has 13 nitrogen and oxygen atoms in total. The summed E-state index contributed by atoms with van der Waals surface area (Å²) in [7, 11) is 1.28. The molecule has 4 aromatic rings. The van der Waals surface area contributed by atoms with Gasteiger partial charge in [0, 0.05) is 41.0 Å². The Bertz CT molecular complexity index is 1630. The third-order valence-electron chi connectivity index (χ3n) is 6.75. The molecule has 2 aromatic heterocycles. The van der Waals surface area contributed by atoms with Crippen LogP contribution in [0.4, 0.5) is 10.5 Å². The van der Waals surface area contributed by atoms with E-state index in [0.717, 1.165) is 12.8 Å². The van der Waals surface area contributed by atoms with E-state index < -0.39 is 18.0 Å². The number of halogens is 2. The van der Waals surface area contributed by atoms with Crippen molar-refractivity contribution in [1.82, 2.24) is 40.4 Å². The lowest BCUT2D eigenvalue weighted by Crippen LogP contribution is -2.35. The van der Waals surface area contributed by atoms with Gasteiger partial charge in [0.1, 0.15) is 23.0 Å². The van der Waals surface area contributed by atoms with Crippen molar-refractivity contribution in [2.45, 2.75) is 25.3 Å². The zero-order valence-corrected chi connectivity index (χ0v) is 24.5. The van der Waals surface area contributed by atoms with Gasteiger partial charge in [-0.15, -0.1) is 5.10 Å². The molecule has 0 bridgehead atoms. The molecule has 1 fully saturated rings. The second kappa shape index (κ2) is 13.5. The summed E-state index contributed by atoms with van der Waals surface area (Å²) in [4.78, 5) is 47.2. The molecule has 0 spiro atoms. The second-order valence-electron chi connectivity index (χ2n) is 9.62. The highest BCUT2D eigenvalue weighted by atomic mass is 35.5. The molecule has 2 aromatic carbocycles. The maximum Gasteiger partial charge on any atom is 0.411 e. The van der Waals surface area contributed by atoms with E-state index in [2.05, 4.69) is 40.9 Å². The SMILES string of the molecule is COC(=O)Nc1ccc(-c2nc([C@H](CC(=O)N3CCCC3)NC(=O)C=Cc3cc(Cl)ccc3-n3cnnn3)[nH]c2Cl)cc1. The van der Waals surface area contributed by atoms with Crippen LogP contribution in [0.1, 0.15) is 36.7 Å². The van der Waals surface area contributed by atoms with Crippen molar-refractivity contribution in [3.63, 3.8) is 0 Å². The largest absolute Gasteiger partial charge is 0.453 e. The highest BCUT2D eigenvalue weighted by Crippen LogP contribution is 2.30. The van der Waals surface area contributed by atoms with Crippen LogP contribution in [0.5, 0.6) is 0 Å². The summed E-state index contributed by atoms with van der Waals surface area (Å²) < 4.78 is 6.07. The summed E-state index contributed by atoms with van der Waals surface area (Å²) >= 11 is 12.7. The van der Waals surface area contributed by atoms with Crippen LogP contribution in [0.3, 0.4) is 0 Å². The van der Waals surface area contributed by atoms with Gasteiger partial charge in [0.05, 0.1) is 25.3 Å². The normalized spacial score (nSPS) is 13.7. The summed E-state index contributed by atoms with van der Waals surface area (Å²) in [6.45, 7) is 1.34. The van der Waals surface area contributed by atoms with Crippen molar-refractivity contribution in [2.75, 3.05) is 25.5 Å². The summed E-state index contributed by atoms with van der Waals surface area (Å²) in [5.74, 6) is -0.243. The van der Waals surface area contributed by atoms with Crippen molar-refractivity contribution in [2.24, 2.45) is 0 Å². The van der Waals surface area contributed by atoms with E-state index in [1.807, 2.05) is 0 Å². The lowest BCUT2D eigenvalue weighted by atomic mass is 10.1. The number of methoxy groups -OCH3 is 1. The van der Waals surface area contributed by atoms with Crippen LogP contribution in [0, 0.1) is 0 Å². The molecule has 1 aliphatic rings. The van der Waals surface area contributed by atoms with Gasteiger partial charge in [0.15, 0.2) is 0 Å². The number of H-pyrrole nitrogens is 1. The molecule has 0 radical (unpaired) electrons. The topological polar surface area (TPSA) is 160 Å². The fourth-order valence-electron chi connectivity index (χ4n) is 4.62. The monoisotopic (exact) mass is 623 g/mol. The average molecular weight is 624 g/mol. The number of benzene rings is 2. The number of rotatable bonds is 9. The first kappa shape index (κ1) is 29.7. The van der Waals surface area contributed by atoms with Crippen molar-refractivity contribution in [3.8, 4) is 16.9 Å². The Morgan fingerprint density at radius 2 is 1.88 bits per heavy atom. The second-order valence-corrected chi connectivity index (χ2v) is 10.4. The van der Waals surface area contributed by atoms with Crippen molar-refractivity contribution < 1.29 is 19.1 Å². The number of aromatic nitrogens is 6. The molecular formula is C28H27Cl2N9O4. The van der Waals surface area contributed by atoms with Crippen LogP contribution in [-0.2, 0) is 14.3 Å². The zero-order valence-electron chi connectivity index (χ0n) is 23.0. The maximum atomic E-state index is 13.2. The first-order valence-corrected chi connectivity index (χ1v) is 14.1. The van der Waals surface area contributed by atoms with Gasteiger partial charge < -0.3 is 19.9 Å². The number of carbonyl (C=O) groups is 3.